The zero-order valence-corrected chi connectivity index (χ0v) is 9.48. The number of aromatic nitrogens is 3. The van der Waals surface area contributed by atoms with Crippen LogP contribution in [-0.4, -0.2) is 27.7 Å². The molecule has 1 N–H and O–H groups in total. The Hall–Kier alpha value is -1.42. The summed E-state index contributed by atoms with van der Waals surface area (Å²) in [6, 6.07) is 3.95. The van der Waals surface area contributed by atoms with Gasteiger partial charge in [0.05, 0.1) is 11.4 Å². The third-order valence-corrected chi connectivity index (χ3v) is 3.30. The van der Waals surface area contributed by atoms with Crippen LogP contribution in [0.15, 0.2) is 18.3 Å². The zero-order chi connectivity index (χ0) is 11.0. The molecule has 0 amide bonds. The summed E-state index contributed by atoms with van der Waals surface area (Å²) >= 11 is 0. The first-order chi connectivity index (χ1) is 7.86. The molecule has 1 fully saturated rings. The number of fused-ring (bicyclic) bond motifs is 1. The molecule has 1 unspecified atom stereocenters. The molecule has 0 radical (unpaired) electrons. The van der Waals surface area contributed by atoms with Crippen LogP contribution in [0.3, 0.4) is 0 Å². The number of rotatable bonds is 1. The number of hydrogen-bond acceptors (Lipinski definition) is 3. The monoisotopic (exact) mass is 216 g/mol. The molecular formula is C12H16N4. The summed E-state index contributed by atoms with van der Waals surface area (Å²) in [4.78, 5) is 4.56. The Kier molecular flexibility index (Phi) is 2.36. The number of nitrogens with zero attached hydrogens (tertiary/aromatic N) is 3. The van der Waals surface area contributed by atoms with Gasteiger partial charge in [0.2, 0.25) is 0 Å². The van der Waals surface area contributed by atoms with E-state index in [2.05, 4.69) is 22.3 Å². The van der Waals surface area contributed by atoms with E-state index in [1.807, 2.05) is 22.8 Å². The van der Waals surface area contributed by atoms with Crippen molar-refractivity contribution in [2.24, 2.45) is 0 Å². The Labute approximate surface area is 94.7 Å². The van der Waals surface area contributed by atoms with Crippen LogP contribution in [0.5, 0.6) is 0 Å². The maximum Gasteiger partial charge on any atom is 0.154 e. The van der Waals surface area contributed by atoms with Crippen LogP contribution in [-0.2, 0) is 0 Å². The van der Waals surface area contributed by atoms with Crippen molar-refractivity contribution in [1.82, 2.24) is 19.9 Å². The third-order valence-electron chi connectivity index (χ3n) is 3.30. The predicted octanol–water partition coefficient (Wildman–Crippen LogP) is 1.50. The van der Waals surface area contributed by atoms with Gasteiger partial charge in [0.1, 0.15) is 0 Å². The standard InChI is InChI=1S/C12H16N4/c1-9-12(10-4-2-6-13-8-10)16-11(15-9)5-3-7-14-16/h3,5,7,10,13H,2,4,6,8H2,1H3. The first-order valence-corrected chi connectivity index (χ1v) is 5.87. The second kappa shape index (κ2) is 3.87. The largest absolute Gasteiger partial charge is 0.316 e. The van der Waals surface area contributed by atoms with Gasteiger partial charge in [-0.15, -0.1) is 0 Å². The van der Waals surface area contributed by atoms with Crippen molar-refractivity contribution in [2.75, 3.05) is 13.1 Å². The van der Waals surface area contributed by atoms with Gasteiger partial charge in [-0.1, -0.05) is 0 Å². The minimum absolute atomic E-state index is 0.554. The van der Waals surface area contributed by atoms with Gasteiger partial charge >= 0.3 is 0 Å². The fourth-order valence-corrected chi connectivity index (χ4v) is 2.57. The van der Waals surface area contributed by atoms with Crippen molar-refractivity contribution >= 4 is 5.65 Å². The lowest BCUT2D eigenvalue weighted by atomic mass is 9.95. The van der Waals surface area contributed by atoms with E-state index in [-0.39, 0.29) is 0 Å². The van der Waals surface area contributed by atoms with E-state index >= 15 is 0 Å². The third kappa shape index (κ3) is 1.50. The quantitative estimate of drug-likeness (QED) is 0.785. The van der Waals surface area contributed by atoms with Gasteiger partial charge in [0.15, 0.2) is 5.65 Å². The van der Waals surface area contributed by atoms with E-state index in [1.54, 1.807) is 0 Å². The highest BCUT2D eigenvalue weighted by atomic mass is 15.3. The number of aryl methyl sites for hydroxylation is 1. The van der Waals surface area contributed by atoms with Gasteiger partial charge in [0, 0.05) is 18.7 Å². The van der Waals surface area contributed by atoms with Gasteiger partial charge in [0.25, 0.3) is 0 Å². The van der Waals surface area contributed by atoms with Crippen molar-refractivity contribution in [3.05, 3.63) is 29.7 Å². The van der Waals surface area contributed by atoms with Crippen LogP contribution < -0.4 is 5.32 Å². The van der Waals surface area contributed by atoms with Gasteiger partial charge in [-0.25, -0.2) is 9.50 Å². The van der Waals surface area contributed by atoms with E-state index in [1.165, 1.54) is 18.5 Å². The maximum atomic E-state index is 4.56. The molecule has 1 aliphatic rings. The van der Waals surface area contributed by atoms with E-state index in [0.29, 0.717) is 5.92 Å². The molecule has 2 aromatic rings. The molecule has 1 atom stereocenters. The molecule has 0 aliphatic carbocycles. The van der Waals surface area contributed by atoms with Crippen LogP contribution in [0, 0.1) is 6.92 Å². The van der Waals surface area contributed by atoms with Crippen molar-refractivity contribution in [3.63, 3.8) is 0 Å². The summed E-state index contributed by atoms with van der Waals surface area (Å²) < 4.78 is 1.99. The smallest absolute Gasteiger partial charge is 0.154 e. The summed E-state index contributed by atoms with van der Waals surface area (Å²) in [6.45, 7) is 4.27. The highest BCUT2D eigenvalue weighted by molar-refractivity contribution is 5.42. The summed E-state index contributed by atoms with van der Waals surface area (Å²) in [7, 11) is 0. The maximum absolute atomic E-state index is 4.56. The lowest BCUT2D eigenvalue weighted by Gasteiger charge is -2.22. The number of imidazole rings is 1. The van der Waals surface area contributed by atoms with Crippen molar-refractivity contribution in [2.45, 2.75) is 25.7 Å². The van der Waals surface area contributed by atoms with Crippen LogP contribution in [0.1, 0.15) is 30.1 Å². The summed E-state index contributed by atoms with van der Waals surface area (Å²) in [5.74, 6) is 0.554. The molecule has 2 aromatic heterocycles. The van der Waals surface area contributed by atoms with Crippen molar-refractivity contribution in [3.8, 4) is 0 Å². The van der Waals surface area contributed by atoms with Gasteiger partial charge in [-0.2, -0.15) is 5.10 Å². The Morgan fingerprint density at radius 1 is 1.50 bits per heavy atom. The Morgan fingerprint density at radius 2 is 2.44 bits per heavy atom. The van der Waals surface area contributed by atoms with Gasteiger partial charge in [-0.3, -0.25) is 0 Å². The zero-order valence-electron chi connectivity index (χ0n) is 9.48. The Bertz CT molecular complexity index is 497. The second-order valence-electron chi connectivity index (χ2n) is 4.42. The molecule has 4 nitrogen and oxygen atoms in total. The number of piperidine rings is 1. The lowest BCUT2D eigenvalue weighted by molar-refractivity contribution is 0.448. The van der Waals surface area contributed by atoms with E-state index < -0.39 is 0 Å². The minimum atomic E-state index is 0.554. The molecular weight excluding hydrogens is 200 g/mol. The second-order valence-corrected chi connectivity index (χ2v) is 4.42. The summed E-state index contributed by atoms with van der Waals surface area (Å²) in [6.07, 6.45) is 4.30. The molecule has 0 saturated carbocycles. The molecule has 0 bridgehead atoms. The summed E-state index contributed by atoms with van der Waals surface area (Å²) in [5, 5.41) is 7.85. The fraction of sp³-hybridized carbons (Fsp3) is 0.500. The molecule has 84 valence electrons. The lowest BCUT2D eigenvalue weighted by Crippen LogP contribution is -2.29. The van der Waals surface area contributed by atoms with Crippen molar-refractivity contribution in [1.29, 1.82) is 0 Å². The average molecular weight is 216 g/mol. The number of hydrogen-bond donors (Lipinski definition) is 1. The molecule has 0 aromatic carbocycles. The molecule has 1 saturated heterocycles. The minimum Gasteiger partial charge on any atom is -0.316 e. The predicted molar refractivity (Wildman–Crippen MR) is 62.6 cm³/mol. The topological polar surface area (TPSA) is 42.2 Å². The first kappa shape index (κ1) is 9.78. The van der Waals surface area contributed by atoms with Crippen LogP contribution >= 0.6 is 0 Å². The molecule has 1 aliphatic heterocycles. The average Bonchev–Trinajstić information content (AvgIpc) is 2.66. The normalized spacial score (nSPS) is 21.4. The van der Waals surface area contributed by atoms with E-state index in [4.69, 9.17) is 0 Å². The first-order valence-electron chi connectivity index (χ1n) is 5.87. The van der Waals surface area contributed by atoms with Crippen LogP contribution in [0.25, 0.3) is 5.65 Å². The van der Waals surface area contributed by atoms with Crippen LogP contribution in [0.2, 0.25) is 0 Å². The summed E-state index contributed by atoms with van der Waals surface area (Å²) in [5.41, 5.74) is 3.36. The van der Waals surface area contributed by atoms with Gasteiger partial charge < -0.3 is 5.32 Å². The molecule has 0 spiro atoms. The van der Waals surface area contributed by atoms with Crippen LogP contribution in [0.4, 0.5) is 0 Å². The highest BCUT2D eigenvalue weighted by Crippen LogP contribution is 2.26. The fourth-order valence-electron chi connectivity index (χ4n) is 2.57. The molecule has 16 heavy (non-hydrogen) atoms. The molecule has 3 heterocycles. The molecule has 4 heteroatoms. The molecule has 3 rings (SSSR count). The van der Waals surface area contributed by atoms with E-state index in [0.717, 1.165) is 24.4 Å². The Morgan fingerprint density at radius 3 is 3.25 bits per heavy atom. The number of nitrogens with one attached hydrogen (secondary N) is 1. The Balaban J connectivity index is 2.10. The SMILES string of the molecule is Cc1nc2cccnn2c1C1CCCNC1. The van der Waals surface area contributed by atoms with Crippen molar-refractivity contribution < 1.29 is 0 Å². The highest BCUT2D eigenvalue weighted by Gasteiger charge is 2.21. The van der Waals surface area contributed by atoms with E-state index in [9.17, 15) is 0 Å². The van der Waals surface area contributed by atoms with Gasteiger partial charge in [-0.05, 0) is 38.4 Å².